The Labute approximate surface area is 92.9 Å². The van der Waals surface area contributed by atoms with Crippen LogP contribution in [0.3, 0.4) is 0 Å². The fraction of sp³-hybridized carbons (Fsp3) is 0.125. The Bertz CT molecular complexity index is 478. The highest BCUT2D eigenvalue weighted by molar-refractivity contribution is 14.1. The molecule has 0 aliphatic heterocycles. The van der Waals surface area contributed by atoms with Crippen LogP contribution in [0.5, 0.6) is 0 Å². The summed E-state index contributed by atoms with van der Waals surface area (Å²) in [5, 5.41) is 3.56. The van der Waals surface area contributed by atoms with Crippen LogP contribution in [0.4, 0.5) is 0 Å². The number of nitrogens with zero attached hydrogens (tertiary/aromatic N) is 3. The third-order valence-electron chi connectivity index (χ3n) is 1.70. The van der Waals surface area contributed by atoms with E-state index in [-0.39, 0.29) is 5.56 Å². The monoisotopic (exact) mass is 303 g/mol. The van der Waals surface area contributed by atoms with E-state index >= 15 is 0 Å². The van der Waals surface area contributed by atoms with Gasteiger partial charge in [-0.25, -0.2) is 4.98 Å². The number of rotatable bonds is 2. The Kier molecular flexibility index (Phi) is 2.62. The van der Waals surface area contributed by atoms with E-state index in [2.05, 4.69) is 14.7 Å². The molecule has 0 bridgehead atoms. The summed E-state index contributed by atoms with van der Waals surface area (Å²) in [4.78, 5) is 15.5. The third kappa shape index (κ3) is 1.84. The average molecular weight is 303 g/mol. The predicted molar refractivity (Wildman–Crippen MR) is 56.8 cm³/mol. The topological polar surface area (TPSA) is 60.9 Å². The van der Waals surface area contributed by atoms with Crippen LogP contribution >= 0.6 is 22.6 Å². The van der Waals surface area contributed by atoms with Gasteiger partial charge in [0.15, 0.2) is 0 Å². The quantitative estimate of drug-likeness (QED) is 0.773. The van der Waals surface area contributed by atoms with Crippen LogP contribution < -0.4 is 5.56 Å². The number of hydrogen-bond acceptors (Lipinski definition) is 4. The normalized spacial score (nSPS) is 10.4. The molecule has 0 atom stereocenters. The maximum Gasteiger partial charge on any atom is 0.267 e. The molecule has 0 N–H and O–H groups in total. The van der Waals surface area contributed by atoms with Crippen molar-refractivity contribution in [2.24, 2.45) is 0 Å². The first-order chi connectivity index (χ1) is 6.77. The molecule has 0 saturated heterocycles. The molecule has 0 fully saturated rings. The molecule has 2 aromatic heterocycles. The molecule has 0 aliphatic carbocycles. The molecule has 2 heterocycles. The van der Waals surface area contributed by atoms with Crippen molar-refractivity contribution in [1.29, 1.82) is 0 Å². The van der Waals surface area contributed by atoms with E-state index in [0.717, 1.165) is 5.56 Å². The molecule has 14 heavy (non-hydrogen) atoms. The van der Waals surface area contributed by atoms with E-state index in [1.54, 1.807) is 6.20 Å². The molecule has 0 aliphatic rings. The molecule has 0 unspecified atom stereocenters. The van der Waals surface area contributed by atoms with Crippen LogP contribution in [0.2, 0.25) is 0 Å². The fourth-order valence-electron chi connectivity index (χ4n) is 1.04. The van der Waals surface area contributed by atoms with E-state index in [1.165, 1.54) is 23.4 Å². The van der Waals surface area contributed by atoms with E-state index in [1.807, 2.05) is 22.6 Å². The summed E-state index contributed by atoms with van der Waals surface area (Å²) >= 11 is 1.96. The summed E-state index contributed by atoms with van der Waals surface area (Å²) in [6.45, 7) is 0.437. The second-order valence-electron chi connectivity index (χ2n) is 2.71. The minimum atomic E-state index is -0.0539. The van der Waals surface area contributed by atoms with Gasteiger partial charge in [0.2, 0.25) is 0 Å². The lowest BCUT2D eigenvalue weighted by Crippen LogP contribution is -2.22. The largest absolute Gasteiger partial charge is 0.364 e. The van der Waals surface area contributed by atoms with Crippen LogP contribution in [0.15, 0.2) is 34.3 Å². The van der Waals surface area contributed by atoms with Crippen molar-refractivity contribution in [3.63, 3.8) is 0 Å². The summed E-state index contributed by atoms with van der Waals surface area (Å²) < 4.78 is 6.78. The van der Waals surface area contributed by atoms with Crippen molar-refractivity contribution in [2.45, 2.75) is 6.54 Å². The standard InChI is InChI=1S/C8H6IN3O2/c9-7-2-10-5-12(8(7)13)3-6-1-11-14-4-6/h1-2,4-5H,3H2. The van der Waals surface area contributed by atoms with Gasteiger partial charge in [-0.3, -0.25) is 9.36 Å². The van der Waals surface area contributed by atoms with Gasteiger partial charge in [0.1, 0.15) is 6.26 Å². The summed E-state index contributed by atoms with van der Waals surface area (Å²) in [7, 11) is 0. The van der Waals surface area contributed by atoms with Gasteiger partial charge in [-0.1, -0.05) is 5.16 Å². The molecule has 72 valence electrons. The lowest BCUT2D eigenvalue weighted by Gasteiger charge is -2.01. The van der Waals surface area contributed by atoms with E-state index < -0.39 is 0 Å². The summed E-state index contributed by atoms with van der Waals surface area (Å²) in [5.41, 5.74) is 0.790. The Balaban J connectivity index is 2.34. The number of aromatic nitrogens is 3. The Morgan fingerprint density at radius 1 is 1.50 bits per heavy atom. The zero-order valence-electron chi connectivity index (χ0n) is 7.05. The van der Waals surface area contributed by atoms with Gasteiger partial charge in [-0.15, -0.1) is 0 Å². The lowest BCUT2D eigenvalue weighted by molar-refractivity contribution is 0.418. The highest BCUT2D eigenvalue weighted by atomic mass is 127. The van der Waals surface area contributed by atoms with Crippen LogP contribution in [0.1, 0.15) is 5.56 Å². The summed E-state index contributed by atoms with van der Waals surface area (Å²) in [6.07, 6.45) is 6.11. The number of halogens is 1. The van der Waals surface area contributed by atoms with E-state index in [4.69, 9.17) is 0 Å². The minimum absolute atomic E-state index is 0.0539. The van der Waals surface area contributed by atoms with Gasteiger partial charge >= 0.3 is 0 Å². The Morgan fingerprint density at radius 3 is 3.07 bits per heavy atom. The van der Waals surface area contributed by atoms with Crippen LogP contribution in [0, 0.1) is 3.57 Å². The molecule has 0 aromatic carbocycles. The fourth-order valence-corrected chi connectivity index (χ4v) is 1.51. The van der Waals surface area contributed by atoms with Crippen molar-refractivity contribution >= 4 is 22.6 Å². The van der Waals surface area contributed by atoms with E-state index in [0.29, 0.717) is 10.1 Å². The highest BCUT2D eigenvalue weighted by Gasteiger charge is 2.02. The smallest absolute Gasteiger partial charge is 0.267 e. The molecule has 5 nitrogen and oxygen atoms in total. The van der Waals surface area contributed by atoms with Crippen LogP contribution in [-0.4, -0.2) is 14.7 Å². The van der Waals surface area contributed by atoms with Gasteiger partial charge in [0.05, 0.1) is 22.6 Å². The molecule has 6 heteroatoms. The van der Waals surface area contributed by atoms with Gasteiger partial charge < -0.3 is 4.52 Å². The zero-order valence-corrected chi connectivity index (χ0v) is 9.21. The second-order valence-corrected chi connectivity index (χ2v) is 3.87. The summed E-state index contributed by atoms with van der Waals surface area (Å²) in [5.74, 6) is 0. The highest BCUT2D eigenvalue weighted by Crippen LogP contribution is 1.99. The third-order valence-corrected chi connectivity index (χ3v) is 2.44. The molecule has 0 radical (unpaired) electrons. The van der Waals surface area contributed by atoms with Crippen molar-refractivity contribution < 1.29 is 4.52 Å². The predicted octanol–water partition coefficient (Wildman–Crippen LogP) is 0.884. The average Bonchev–Trinajstić information content (AvgIpc) is 2.66. The molecule has 2 aromatic rings. The van der Waals surface area contributed by atoms with Gasteiger partial charge in [-0.2, -0.15) is 0 Å². The van der Waals surface area contributed by atoms with Crippen molar-refractivity contribution in [2.75, 3.05) is 0 Å². The molecule has 0 amide bonds. The number of hydrogen-bond donors (Lipinski definition) is 0. The first-order valence-electron chi connectivity index (χ1n) is 3.85. The summed E-state index contributed by atoms with van der Waals surface area (Å²) in [6, 6.07) is 0. The zero-order chi connectivity index (χ0) is 9.97. The molecule has 2 rings (SSSR count). The van der Waals surface area contributed by atoms with Crippen molar-refractivity contribution in [3.8, 4) is 0 Å². The minimum Gasteiger partial charge on any atom is -0.364 e. The van der Waals surface area contributed by atoms with Crippen molar-refractivity contribution in [1.82, 2.24) is 14.7 Å². The van der Waals surface area contributed by atoms with Gasteiger partial charge in [0, 0.05) is 11.8 Å². The second kappa shape index (κ2) is 3.91. The van der Waals surface area contributed by atoms with Gasteiger partial charge in [-0.05, 0) is 22.6 Å². The first-order valence-corrected chi connectivity index (χ1v) is 4.93. The molecular formula is C8H6IN3O2. The molecule has 0 spiro atoms. The molecular weight excluding hydrogens is 297 g/mol. The Hall–Kier alpha value is -1.18. The molecule has 0 saturated carbocycles. The first kappa shape index (κ1) is 9.38. The Morgan fingerprint density at radius 2 is 2.36 bits per heavy atom. The SMILES string of the molecule is O=c1c(I)cncn1Cc1cnoc1. The lowest BCUT2D eigenvalue weighted by atomic mass is 10.3. The van der Waals surface area contributed by atoms with Crippen molar-refractivity contribution in [3.05, 3.63) is 44.5 Å². The van der Waals surface area contributed by atoms with Gasteiger partial charge in [0.25, 0.3) is 5.56 Å². The van der Waals surface area contributed by atoms with Crippen LogP contribution in [-0.2, 0) is 6.54 Å². The maximum atomic E-state index is 11.6. The maximum absolute atomic E-state index is 11.6. The van der Waals surface area contributed by atoms with E-state index in [9.17, 15) is 4.79 Å². The van der Waals surface area contributed by atoms with Crippen LogP contribution in [0.25, 0.3) is 0 Å².